The number of nitrogens with zero attached hydrogens (tertiary/aromatic N) is 2. The molecule has 1 N–H and O–H groups in total. The van der Waals surface area contributed by atoms with Crippen LogP contribution < -0.4 is 10.1 Å². The zero-order valence-electron chi connectivity index (χ0n) is 14.4. The highest BCUT2D eigenvalue weighted by Crippen LogP contribution is 2.21. The largest absolute Gasteiger partial charge is 0.439 e. The van der Waals surface area contributed by atoms with Gasteiger partial charge in [0.05, 0.1) is 11.9 Å². The number of hydrogen-bond acceptors (Lipinski definition) is 4. The number of aryl methyl sites for hydroxylation is 1. The van der Waals surface area contributed by atoms with Gasteiger partial charge in [0.15, 0.2) is 0 Å². The summed E-state index contributed by atoms with van der Waals surface area (Å²) in [6.07, 6.45) is 1.97. The van der Waals surface area contributed by atoms with Crippen molar-refractivity contribution in [2.75, 3.05) is 18.4 Å². The summed E-state index contributed by atoms with van der Waals surface area (Å²) < 4.78 is 5.66. The zero-order valence-corrected chi connectivity index (χ0v) is 14.4. The monoisotopic (exact) mass is 339 g/mol. The average Bonchev–Trinajstić information content (AvgIpc) is 2.61. The number of anilines is 1. The van der Waals surface area contributed by atoms with E-state index in [1.807, 2.05) is 38.1 Å². The quantitative estimate of drug-likeness (QED) is 0.927. The lowest BCUT2D eigenvalue weighted by atomic mass is 9.99. The van der Waals surface area contributed by atoms with Gasteiger partial charge in [0, 0.05) is 31.5 Å². The summed E-state index contributed by atoms with van der Waals surface area (Å²) in [6, 6.07) is 10.9. The molecule has 1 atom stereocenters. The lowest BCUT2D eigenvalue weighted by Crippen LogP contribution is -2.45. The van der Waals surface area contributed by atoms with Gasteiger partial charge in [0.1, 0.15) is 11.5 Å². The molecular formula is C19H21N3O3. The van der Waals surface area contributed by atoms with Crippen LogP contribution in [-0.2, 0) is 4.79 Å². The summed E-state index contributed by atoms with van der Waals surface area (Å²) in [7, 11) is 0. The van der Waals surface area contributed by atoms with Gasteiger partial charge in [-0.05, 0) is 25.1 Å². The number of rotatable bonds is 3. The zero-order chi connectivity index (χ0) is 17.8. The van der Waals surface area contributed by atoms with E-state index in [2.05, 4.69) is 10.3 Å². The van der Waals surface area contributed by atoms with Crippen molar-refractivity contribution < 1.29 is 14.3 Å². The molecule has 25 heavy (non-hydrogen) atoms. The first-order valence-corrected chi connectivity index (χ1v) is 8.30. The Morgan fingerprint density at radius 2 is 2.00 bits per heavy atom. The molecule has 6 heteroatoms. The topological polar surface area (TPSA) is 71.5 Å². The minimum Gasteiger partial charge on any atom is -0.439 e. The molecule has 1 aromatic heterocycles. The van der Waals surface area contributed by atoms with Gasteiger partial charge in [-0.25, -0.2) is 9.78 Å². The summed E-state index contributed by atoms with van der Waals surface area (Å²) in [4.78, 5) is 29.7. The summed E-state index contributed by atoms with van der Waals surface area (Å²) in [5, 5.41) is 2.80. The van der Waals surface area contributed by atoms with E-state index in [1.54, 1.807) is 23.2 Å². The van der Waals surface area contributed by atoms with Gasteiger partial charge < -0.3 is 15.0 Å². The maximum absolute atomic E-state index is 12.3. The van der Waals surface area contributed by atoms with Crippen molar-refractivity contribution in [1.29, 1.82) is 0 Å². The molecule has 2 heterocycles. The van der Waals surface area contributed by atoms with Crippen molar-refractivity contribution in [3.05, 3.63) is 48.2 Å². The minimum atomic E-state index is -0.214. The maximum atomic E-state index is 12.3. The Morgan fingerprint density at radius 1 is 1.24 bits per heavy atom. The van der Waals surface area contributed by atoms with Crippen molar-refractivity contribution in [2.24, 2.45) is 5.92 Å². The first-order valence-electron chi connectivity index (χ1n) is 8.30. The molecule has 1 fully saturated rings. The molecule has 0 saturated carbocycles. The van der Waals surface area contributed by atoms with Crippen LogP contribution in [0.2, 0.25) is 0 Å². The second kappa shape index (κ2) is 7.34. The predicted octanol–water partition coefficient (Wildman–Crippen LogP) is 3.63. The summed E-state index contributed by atoms with van der Waals surface area (Å²) >= 11 is 0. The standard InChI is InChI=1S/C19H21N3O3/c1-13-3-6-16(7-4-13)25-18-8-5-15(11-20-18)21-19(24)22-10-9-17(23)14(2)12-22/h3-8,11,14H,9-10,12H2,1-2H3,(H,21,24). The van der Waals surface area contributed by atoms with Crippen LogP contribution in [0.3, 0.4) is 0 Å². The second-order valence-corrected chi connectivity index (χ2v) is 6.29. The number of aromatic nitrogens is 1. The first kappa shape index (κ1) is 17.0. The highest BCUT2D eigenvalue weighted by molar-refractivity contribution is 5.91. The molecule has 6 nitrogen and oxygen atoms in total. The number of amides is 2. The highest BCUT2D eigenvalue weighted by atomic mass is 16.5. The van der Waals surface area contributed by atoms with E-state index in [9.17, 15) is 9.59 Å². The maximum Gasteiger partial charge on any atom is 0.321 e. The number of Topliss-reactive ketones (excluding diaryl/α,β-unsaturated/α-hetero) is 1. The van der Waals surface area contributed by atoms with Crippen molar-refractivity contribution in [3.63, 3.8) is 0 Å². The van der Waals surface area contributed by atoms with Gasteiger partial charge in [-0.3, -0.25) is 4.79 Å². The fourth-order valence-corrected chi connectivity index (χ4v) is 2.64. The Morgan fingerprint density at radius 3 is 2.64 bits per heavy atom. The normalized spacial score (nSPS) is 17.3. The molecule has 0 bridgehead atoms. The minimum absolute atomic E-state index is 0.108. The third-order valence-corrected chi connectivity index (χ3v) is 4.19. The van der Waals surface area contributed by atoms with Crippen LogP contribution >= 0.6 is 0 Å². The molecule has 1 aromatic carbocycles. The Kier molecular flexibility index (Phi) is 4.97. The van der Waals surface area contributed by atoms with Crippen molar-refractivity contribution in [3.8, 4) is 11.6 Å². The molecule has 1 unspecified atom stereocenters. The van der Waals surface area contributed by atoms with Crippen LogP contribution in [0.5, 0.6) is 11.6 Å². The number of hydrogen-bond donors (Lipinski definition) is 1. The number of nitrogens with one attached hydrogen (secondary N) is 1. The predicted molar refractivity (Wildman–Crippen MR) is 94.9 cm³/mol. The van der Waals surface area contributed by atoms with E-state index in [0.717, 1.165) is 5.56 Å². The molecule has 0 aliphatic carbocycles. The van der Waals surface area contributed by atoms with Crippen molar-refractivity contribution in [2.45, 2.75) is 20.3 Å². The fraction of sp³-hybridized carbons (Fsp3) is 0.316. The van der Waals surface area contributed by atoms with Gasteiger partial charge in [0.25, 0.3) is 0 Å². The molecule has 1 aliphatic heterocycles. The molecular weight excluding hydrogens is 318 g/mol. The van der Waals surface area contributed by atoms with Gasteiger partial charge in [-0.1, -0.05) is 24.6 Å². The second-order valence-electron chi connectivity index (χ2n) is 6.29. The van der Waals surface area contributed by atoms with Crippen LogP contribution in [-0.4, -0.2) is 34.8 Å². The molecule has 2 aromatic rings. The van der Waals surface area contributed by atoms with Gasteiger partial charge >= 0.3 is 6.03 Å². The smallest absolute Gasteiger partial charge is 0.321 e. The highest BCUT2D eigenvalue weighted by Gasteiger charge is 2.26. The number of benzene rings is 1. The summed E-state index contributed by atoms with van der Waals surface area (Å²) in [5.74, 6) is 1.27. The summed E-state index contributed by atoms with van der Waals surface area (Å²) in [5.41, 5.74) is 1.75. The molecule has 0 spiro atoms. The van der Waals surface area contributed by atoms with Gasteiger partial charge in [-0.2, -0.15) is 0 Å². The first-order chi connectivity index (χ1) is 12.0. The number of ketones is 1. The number of likely N-dealkylation sites (tertiary alicyclic amines) is 1. The molecule has 1 aliphatic rings. The van der Waals surface area contributed by atoms with E-state index >= 15 is 0 Å². The van der Waals surface area contributed by atoms with E-state index in [4.69, 9.17) is 4.74 Å². The molecule has 0 radical (unpaired) electrons. The number of piperidine rings is 1. The van der Waals surface area contributed by atoms with Crippen molar-refractivity contribution in [1.82, 2.24) is 9.88 Å². The van der Waals surface area contributed by atoms with Crippen molar-refractivity contribution >= 4 is 17.5 Å². The van der Waals surface area contributed by atoms with E-state index in [1.165, 1.54) is 0 Å². The Bertz CT molecular complexity index is 756. The Balaban J connectivity index is 1.58. The SMILES string of the molecule is Cc1ccc(Oc2ccc(NC(=O)N3CCC(=O)C(C)C3)cn2)cc1. The number of urea groups is 1. The fourth-order valence-electron chi connectivity index (χ4n) is 2.64. The van der Waals surface area contributed by atoms with Crippen LogP contribution in [0.15, 0.2) is 42.6 Å². The summed E-state index contributed by atoms with van der Waals surface area (Å²) in [6.45, 7) is 4.77. The Labute approximate surface area is 146 Å². The average molecular weight is 339 g/mol. The molecule has 1 saturated heterocycles. The molecule has 3 rings (SSSR count). The van der Waals surface area contributed by atoms with Crippen LogP contribution in [0.25, 0.3) is 0 Å². The van der Waals surface area contributed by atoms with Crippen LogP contribution in [0.1, 0.15) is 18.9 Å². The van der Waals surface area contributed by atoms with Gasteiger partial charge in [-0.15, -0.1) is 0 Å². The van der Waals surface area contributed by atoms with Gasteiger partial charge in [0.2, 0.25) is 5.88 Å². The number of carbonyl (C=O) groups excluding carboxylic acids is 2. The third kappa shape index (κ3) is 4.35. The molecule has 2 amide bonds. The third-order valence-electron chi connectivity index (χ3n) is 4.19. The lowest BCUT2D eigenvalue weighted by Gasteiger charge is -2.30. The number of pyridine rings is 1. The molecule has 130 valence electrons. The lowest BCUT2D eigenvalue weighted by molar-refractivity contribution is -0.124. The van der Waals surface area contributed by atoms with E-state index in [-0.39, 0.29) is 17.7 Å². The van der Waals surface area contributed by atoms with Crippen LogP contribution in [0.4, 0.5) is 10.5 Å². The Hall–Kier alpha value is -2.89. The van der Waals surface area contributed by atoms with E-state index in [0.29, 0.717) is 36.8 Å². The van der Waals surface area contributed by atoms with E-state index < -0.39 is 0 Å². The number of ether oxygens (including phenoxy) is 1. The number of carbonyl (C=O) groups is 2. The van der Waals surface area contributed by atoms with Crippen LogP contribution in [0, 0.1) is 12.8 Å².